The van der Waals surface area contributed by atoms with E-state index in [0.29, 0.717) is 17.8 Å². The second-order valence-electron chi connectivity index (χ2n) is 6.38. The molecule has 0 aliphatic carbocycles. The maximum absolute atomic E-state index is 12.2. The van der Waals surface area contributed by atoms with E-state index in [9.17, 15) is 9.59 Å². The van der Waals surface area contributed by atoms with Crippen LogP contribution in [0.3, 0.4) is 0 Å². The Morgan fingerprint density at radius 2 is 1.62 bits per heavy atom. The molecular formula is C23H23N3O3. The van der Waals surface area contributed by atoms with E-state index in [4.69, 9.17) is 4.74 Å². The minimum Gasteiger partial charge on any atom is -0.497 e. The van der Waals surface area contributed by atoms with Crippen molar-refractivity contribution in [2.45, 2.75) is 6.54 Å². The molecule has 0 aliphatic rings. The summed E-state index contributed by atoms with van der Waals surface area (Å²) in [7, 11) is 1.59. The number of nitrogens with one attached hydrogen (secondary N) is 3. The van der Waals surface area contributed by atoms with E-state index in [1.807, 2.05) is 54.6 Å². The van der Waals surface area contributed by atoms with Crippen molar-refractivity contribution in [1.29, 1.82) is 0 Å². The van der Waals surface area contributed by atoms with Gasteiger partial charge in [-0.3, -0.25) is 9.59 Å². The smallest absolute Gasteiger partial charge is 0.251 e. The van der Waals surface area contributed by atoms with Gasteiger partial charge in [0.05, 0.1) is 13.7 Å². The summed E-state index contributed by atoms with van der Waals surface area (Å²) in [5.41, 5.74) is 2.99. The monoisotopic (exact) mass is 389 g/mol. The molecule has 0 saturated heterocycles. The highest BCUT2D eigenvalue weighted by molar-refractivity contribution is 5.96. The molecule has 2 amide bonds. The summed E-state index contributed by atoms with van der Waals surface area (Å²) in [5, 5.41) is 8.72. The van der Waals surface area contributed by atoms with E-state index < -0.39 is 0 Å². The highest BCUT2D eigenvalue weighted by Gasteiger charge is 2.07. The fourth-order valence-electron chi connectivity index (χ4n) is 2.71. The minimum absolute atomic E-state index is 0.118. The zero-order valence-corrected chi connectivity index (χ0v) is 16.1. The van der Waals surface area contributed by atoms with E-state index in [-0.39, 0.29) is 18.4 Å². The lowest BCUT2D eigenvalue weighted by molar-refractivity contribution is -0.114. The van der Waals surface area contributed by atoms with Gasteiger partial charge in [0.15, 0.2) is 0 Å². The molecule has 6 nitrogen and oxygen atoms in total. The molecule has 0 spiro atoms. The van der Waals surface area contributed by atoms with Crippen molar-refractivity contribution in [2.75, 3.05) is 24.3 Å². The Kier molecular flexibility index (Phi) is 6.84. The van der Waals surface area contributed by atoms with E-state index in [0.717, 1.165) is 17.0 Å². The number of carbonyl (C=O) groups excluding carboxylic acids is 2. The SMILES string of the molecule is COc1cccc(NCC(=O)Nc2ccc(C(=O)NCc3ccccc3)cc2)c1. The lowest BCUT2D eigenvalue weighted by atomic mass is 10.1. The van der Waals surface area contributed by atoms with Gasteiger partial charge in [0.25, 0.3) is 5.91 Å². The number of anilines is 2. The molecule has 0 radical (unpaired) electrons. The third-order valence-electron chi connectivity index (χ3n) is 4.25. The van der Waals surface area contributed by atoms with Crippen LogP contribution in [0.25, 0.3) is 0 Å². The second-order valence-corrected chi connectivity index (χ2v) is 6.38. The second kappa shape index (κ2) is 9.94. The molecular weight excluding hydrogens is 366 g/mol. The summed E-state index contributed by atoms with van der Waals surface area (Å²) in [5.74, 6) is 0.372. The number of ether oxygens (including phenoxy) is 1. The predicted molar refractivity (Wildman–Crippen MR) is 114 cm³/mol. The topological polar surface area (TPSA) is 79.5 Å². The minimum atomic E-state index is -0.186. The molecule has 29 heavy (non-hydrogen) atoms. The molecule has 0 saturated carbocycles. The fourth-order valence-corrected chi connectivity index (χ4v) is 2.71. The number of rotatable bonds is 8. The van der Waals surface area contributed by atoms with Gasteiger partial charge in [0.2, 0.25) is 5.91 Å². The molecule has 6 heteroatoms. The van der Waals surface area contributed by atoms with E-state index in [1.165, 1.54) is 0 Å². The van der Waals surface area contributed by atoms with Crippen LogP contribution in [-0.4, -0.2) is 25.5 Å². The van der Waals surface area contributed by atoms with Crippen LogP contribution < -0.4 is 20.7 Å². The van der Waals surface area contributed by atoms with Crippen LogP contribution >= 0.6 is 0 Å². The molecule has 0 unspecified atom stereocenters. The average molecular weight is 389 g/mol. The Morgan fingerprint density at radius 1 is 0.862 bits per heavy atom. The Labute approximate surface area is 169 Å². The van der Waals surface area contributed by atoms with Crippen LogP contribution in [0.2, 0.25) is 0 Å². The molecule has 3 aromatic carbocycles. The first-order valence-electron chi connectivity index (χ1n) is 9.24. The lowest BCUT2D eigenvalue weighted by Crippen LogP contribution is -2.23. The maximum Gasteiger partial charge on any atom is 0.251 e. The van der Waals surface area contributed by atoms with E-state index >= 15 is 0 Å². The first-order valence-corrected chi connectivity index (χ1v) is 9.24. The molecule has 0 atom stereocenters. The van der Waals surface area contributed by atoms with E-state index in [1.54, 1.807) is 31.4 Å². The first kappa shape index (κ1) is 19.9. The number of hydrogen-bond acceptors (Lipinski definition) is 4. The third kappa shape index (κ3) is 6.10. The van der Waals surface area contributed by atoms with E-state index in [2.05, 4.69) is 16.0 Å². The molecule has 3 aromatic rings. The molecule has 0 aliphatic heterocycles. The molecule has 0 fully saturated rings. The van der Waals surface area contributed by atoms with Crippen molar-refractivity contribution < 1.29 is 14.3 Å². The summed E-state index contributed by atoms with van der Waals surface area (Å²) in [6, 6.07) is 23.9. The number of benzene rings is 3. The highest BCUT2D eigenvalue weighted by atomic mass is 16.5. The Morgan fingerprint density at radius 3 is 2.34 bits per heavy atom. The van der Waals surface area contributed by atoms with Crippen LogP contribution in [-0.2, 0) is 11.3 Å². The van der Waals surface area contributed by atoms with Crippen LogP contribution in [0, 0.1) is 0 Å². The zero-order chi connectivity index (χ0) is 20.5. The van der Waals surface area contributed by atoms with Crippen LogP contribution in [0.5, 0.6) is 5.75 Å². The normalized spacial score (nSPS) is 10.1. The Bertz CT molecular complexity index is 957. The number of amides is 2. The van der Waals surface area contributed by atoms with Gasteiger partial charge >= 0.3 is 0 Å². The van der Waals surface area contributed by atoms with Gasteiger partial charge in [-0.2, -0.15) is 0 Å². The van der Waals surface area contributed by atoms with Crippen molar-refractivity contribution in [3.8, 4) is 5.75 Å². The summed E-state index contributed by atoms with van der Waals surface area (Å²) >= 11 is 0. The van der Waals surface area contributed by atoms with Crippen LogP contribution in [0.4, 0.5) is 11.4 Å². The van der Waals surface area contributed by atoms with Gasteiger partial charge in [-0.15, -0.1) is 0 Å². The molecule has 0 heterocycles. The Hall–Kier alpha value is -3.80. The molecule has 3 rings (SSSR count). The van der Waals surface area contributed by atoms with Crippen molar-refractivity contribution in [3.63, 3.8) is 0 Å². The average Bonchev–Trinajstić information content (AvgIpc) is 2.77. The maximum atomic E-state index is 12.2. The van der Waals surface area contributed by atoms with Gasteiger partial charge < -0.3 is 20.7 Å². The van der Waals surface area contributed by atoms with Crippen LogP contribution in [0.1, 0.15) is 15.9 Å². The van der Waals surface area contributed by atoms with Crippen molar-refractivity contribution in [2.24, 2.45) is 0 Å². The van der Waals surface area contributed by atoms with Gasteiger partial charge in [-0.05, 0) is 42.0 Å². The lowest BCUT2D eigenvalue weighted by Gasteiger charge is -2.10. The van der Waals surface area contributed by atoms with Crippen molar-refractivity contribution in [1.82, 2.24) is 5.32 Å². The first-order chi connectivity index (χ1) is 14.1. The van der Waals surface area contributed by atoms with Crippen molar-refractivity contribution >= 4 is 23.2 Å². The quantitative estimate of drug-likeness (QED) is 0.549. The van der Waals surface area contributed by atoms with Gasteiger partial charge in [-0.1, -0.05) is 36.4 Å². The summed E-state index contributed by atoms with van der Waals surface area (Å²) in [6.45, 7) is 0.584. The van der Waals surface area contributed by atoms with Gasteiger partial charge in [0.1, 0.15) is 5.75 Å². The zero-order valence-electron chi connectivity index (χ0n) is 16.1. The molecule has 0 bridgehead atoms. The summed E-state index contributed by atoms with van der Waals surface area (Å²) in [4.78, 5) is 24.4. The number of carbonyl (C=O) groups is 2. The largest absolute Gasteiger partial charge is 0.497 e. The third-order valence-corrected chi connectivity index (χ3v) is 4.25. The number of methoxy groups -OCH3 is 1. The molecule has 148 valence electrons. The highest BCUT2D eigenvalue weighted by Crippen LogP contribution is 2.16. The van der Waals surface area contributed by atoms with Gasteiger partial charge in [-0.25, -0.2) is 0 Å². The van der Waals surface area contributed by atoms with Crippen LogP contribution in [0.15, 0.2) is 78.9 Å². The fraction of sp³-hybridized carbons (Fsp3) is 0.130. The standard InChI is InChI=1S/C23H23N3O3/c1-29-21-9-5-8-20(14-21)24-16-22(27)26-19-12-10-18(11-13-19)23(28)25-15-17-6-3-2-4-7-17/h2-14,24H,15-16H2,1H3,(H,25,28)(H,26,27). The summed E-state index contributed by atoms with van der Waals surface area (Å²) < 4.78 is 5.16. The predicted octanol–water partition coefficient (Wildman–Crippen LogP) is 3.68. The molecule has 3 N–H and O–H groups in total. The Balaban J connectivity index is 1.47. The molecule has 0 aromatic heterocycles. The number of hydrogen-bond donors (Lipinski definition) is 3. The summed E-state index contributed by atoms with van der Waals surface area (Å²) in [6.07, 6.45) is 0. The van der Waals surface area contributed by atoms with Gasteiger partial charge in [0, 0.05) is 29.5 Å². The van der Waals surface area contributed by atoms with Crippen molar-refractivity contribution in [3.05, 3.63) is 90.0 Å².